The van der Waals surface area contributed by atoms with Crippen molar-refractivity contribution in [3.63, 3.8) is 0 Å². The van der Waals surface area contributed by atoms with Crippen LogP contribution < -0.4 is 20.7 Å². The first-order valence-electron chi connectivity index (χ1n) is 16.4. The molecule has 1 aromatic carbocycles. The number of aromatic amines is 1. The summed E-state index contributed by atoms with van der Waals surface area (Å²) in [6, 6.07) is 7.05. The van der Waals surface area contributed by atoms with Gasteiger partial charge in [0.15, 0.2) is 0 Å². The van der Waals surface area contributed by atoms with Gasteiger partial charge in [0.05, 0.1) is 18.1 Å². The Hall–Kier alpha value is -3.76. The molecule has 0 bridgehead atoms. The van der Waals surface area contributed by atoms with Gasteiger partial charge in [-0.15, -0.1) is 0 Å². The monoisotopic (exact) mass is 614 g/mol. The second kappa shape index (κ2) is 14.1. The quantitative estimate of drug-likeness (QED) is 0.371. The SMILES string of the molecule is CCN(c1cc(-c2cnc(N3CCN(C)CC3)cn2)cc(C(=O)NCc2c(C)cc(C)[nH]c2=O)c1C)C1CCC(N(C)C)CC1. The molecule has 45 heavy (non-hydrogen) atoms. The van der Waals surface area contributed by atoms with E-state index >= 15 is 0 Å². The zero-order valence-corrected chi connectivity index (χ0v) is 28.1. The number of nitrogens with one attached hydrogen (secondary N) is 2. The number of hydrogen-bond acceptors (Lipinski definition) is 8. The zero-order chi connectivity index (χ0) is 32.2. The fraction of sp³-hybridized carbons (Fsp3) is 0.543. The van der Waals surface area contributed by atoms with Crippen molar-refractivity contribution in [1.82, 2.24) is 30.1 Å². The number of aryl methyl sites for hydroxylation is 2. The van der Waals surface area contributed by atoms with E-state index in [4.69, 9.17) is 9.97 Å². The number of pyridine rings is 1. The lowest BCUT2D eigenvalue weighted by Gasteiger charge is -2.40. The van der Waals surface area contributed by atoms with Crippen molar-refractivity contribution in [2.75, 3.05) is 63.7 Å². The van der Waals surface area contributed by atoms with Gasteiger partial charge in [-0.05, 0) is 104 Å². The van der Waals surface area contributed by atoms with E-state index in [1.807, 2.05) is 45.3 Å². The summed E-state index contributed by atoms with van der Waals surface area (Å²) in [6.07, 6.45) is 8.21. The van der Waals surface area contributed by atoms with Crippen molar-refractivity contribution in [3.05, 3.63) is 68.9 Å². The smallest absolute Gasteiger partial charge is 0.253 e. The molecular formula is C35H50N8O2. The van der Waals surface area contributed by atoms with Gasteiger partial charge < -0.3 is 29.9 Å². The summed E-state index contributed by atoms with van der Waals surface area (Å²) >= 11 is 0. The van der Waals surface area contributed by atoms with Gasteiger partial charge in [0.1, 0.15) is 5.82 Å². The molecular weight excluding hydrogens is 564 g/mol. The van der Waals surface area contributed by atoms with Gasteiger partial charge >= 0.3 is 0 Å². The summed E-state index contributed by atoms with van der Waals surface area (Å²) in [6.45, 7) is 12.8. The maximum atomic E-state index is 13.9. The van der Waals surface area contributed by atoms with Crippen LogP contribution in [0.15, 0.2) is 35.4 Å². The number of benzene rings is 1. The van der Waals surface area contributed by atoms with Crippen LogP contribution >= 0.6 is 0 Å². The number of piperazine rings is 1. The van der Waals surface area contributed by atoms with Crippen LogP contribution in [-0.4, -0.2) is 96.6 Å². The van der Waals surface area contributed by atoms with Gasteiger partial charge in [-0.3, -0.25) is 14.6 Å². The Kier molecular flexibility index (Phi) is 10.2. The van der Waals surface area contributed by atoms with Crippen LogP contribution in [0.2, 0.25) is 0 Å². The lowest BCUT2D eigenvalue weighted by Crippen LogP contribution is -2.44. The van der Waals surface area contributed by atoms with Crippen molar-refractivity contribution in [2.45, 2.75) is 72.0 Å². The third-order valence-electron chi connectivity index (χ3n) is 9.79. The molecule has 10 heteroatoms. The predicted molar refractivity (Wildman–Crippen MR) is 182 cm³/mol. The van der Waals surface area contributed by atoms with Gasteiger partial charge in [-0.2, -0.15) is 0 Å². The highest BCUT2D eigenvalue weighted by Crippen LogP contribution is 2.35. The molecule has 1 aliphatic carbocycles. The number of anilines is 2. The van der Waals surface area contributed by atoms with E-state index in [-0.39, 0.29) is 18.0 Å². The summed E-state index contributed by atoms with van der Waals surface area (Å²) in [4.78, 5) is 48.4. The fourth-order valence-corrected chi connectivity index (χ4v) is 6.93. The molecule has 0 radical (unpaired) electrons. The number of hydrogen-bond donors (Lipinski definition) is 2. The number of likely N-dealkylation sites (N-methyl/N-ethyl adjacent to an activating group) is 1. The number of amides is 1. The number of aromatic nitrogens is 3. The second-order valence-electron chi connectivity index (χ2n) is 13.1. The van der Waals surface area contributed by atoms with Crippen LogP contribution in [0.4, 0.5) is 11.5 Å². The number of carbonyl (C=O) groups is 1. The molecule has 1 saturated heterocycles. The standard InChI is InChI=1S/C35H50N8O2/c1-8-43(28-11-9-27(10-12-28)40(5)6)32-19-26(31-21-37-33(22-36-31)42-15-13-41(7)14-16-42)18-29(25(32)4)34(44)38-20-30-23(2)17-24(3)39-35(30)45/h17-19,21-22,27-28H,8-16,20H2,1-7H3,(H,38,44)(H,39,45). The topological polar surface area (TPSA) is 101 Å². The van der Waals surface area contributed by atoms with E-state index in [0.29, 0.717) is 23.2 Å². The van der Waals surface area contributed by atoms with Crippen LogP contribution in [0.5, 0.6) is 0 Å². The van der Waals surface area contributed by atoms with Crippen LogP contribution in [0.25, 0.3) is 11.3 Å². The maximum Gasteiger partial charge on any atom is 0.253 e. The van der Waals surface area contributed by atoms with Crippen molar-refractivity contribution >= 4 is 17.4 Å². The third kappa shape index (κ3) is 7.39. The normalized spacial score (nSPS) is 19.2. The first-order valence-corrected chi connectivity index (χ1v) is 16.4. The molecule has 242 valence electrons. The Morgan fingerprint density at radius 2 is 1.67 bits per heavy atom. The molecule has 3 aromatic rings. The number of rotatable bonds is 9. The minimum atomic E-state index is -0.204. The molecule has 2 aromatic heterocycles. The summed E-state index contributed by atoms with van der Waals surface area (Å²) in [5.74, 6) is 0.674. The maximum absolute atomic E-state index is 13.9. The van der Waals surface area contributed by atoms with Crippen molar-refractivity contribution in [2.24, 2.45) is 0 Å². The van der Waals surface area contributed by atoms with Crippen LogP contribution in [0.3, 0.4) is 0 Å². The first kappa shape index (κ1) is 32.6. The largest absolute Gasteiger partial charge is 0.369 e. The van der Waals surface area contributed by atoms with Crippen molar-refractivity contribution < 1.29 is 4.79 Å². The lowest BCUT2D eigenvalue weighted by molar-refractivity contribution is 0.0950. The van der Waals surface area contributed by atoms with Gasteiger partial charge in [0.2, 0.25) is 0 Å². The Bertz CT molecular complexity index is 1530. The van der Waals surface area contributed by atoms with Crippen LogP contribution in [-0.2, 0) is 6.54 Å². The molecule has 3 heterocycles. The minimum Gasteiger partial charge on any atom is -0.369 e. The summed E-state index contributed by atoms with van der Waals surface area (Å²) < 4.78 is 0. The Morgan fingerprint density at radius 1 is 0.978 bits per heavy atom. The highest BCUT2D eigenvalue weighted by molar-refractivity contribution is 5.98. The van der Waals surface area contributed by atoms with E-state index in [1.165, 1.54) is 0 Å². The van der Waals surface area contributed by atoms with E-state index in [0.717, 1.165) is 98.0 Å². The number of nitrogens with zero attached hydrogens (tertiary/aromatic N) is 6. The van der Waals surface area contributed by atoms with Crippen LogP contribution in [0, 0.1) is 20.8 Å². The highest BCUT2D eigenvalue weighted by Gasteiger charge is 2.29. The molecule has 2 N–H and O–H groups in total. The molecule has 2 aliphatic rings. The van der Waals surface area contributed by atoms with Crippen LogP contribution in [0.1, 0.15) is 65.3 Å². The van der Waals surface area contributed by atoms with Gasteiger partial charge in [-0.1, -0.05) is 0 Å². The molecule has 5 rings (SSSR count). The summed E-state index contributed by atoms with van der Waals surface area (Å²) in [5, 5.41) is 3.04. The molecule has 1 amide bonds. The van der Waals surface area contributed by atoms with E-state index in [9.17, 15) is 9.59 Å². The Labute approximate surface area is 267 Å². The Morgan fingerprint density at radius 3 is 2.27 bits per heavy atom. The second-order valence-corrected chi connectivity index (χ2v) is 13.1. The average Bonchev–Trinajstić information content (AvgIpc) is 3.02. The third-order valence-corrected chi connectivity index (χ3v) is 9.79. The molecule has 0 unspecified atom stereocenters. The average molecular weight is 615 g/mol. The Balaban J connectivity index is 1.48. The molecule has 0 atom stereocenters. The summed E-state index contributed by atoms with van der Waals surface area (Å²) in [7, 11) is 6.48. The lowest BCUT2D eigenvalue weighted by atomic mass is 9.88. The zero-order valence-electron chi connectivity index (χ0n) is 28.1. The molecule has 0 spiro atoms. The van der Waals surface area contributed by atoms with E-state index < -0.39 is 0 Å². The predicted octanol–water partition coefficient (Wildman–Crippen LogP) is 4.14. The van der Waals surface area contributed by atoms with Crippen molar-refractivity contribution in [1.29, 1.82) is 0 Å². The van der Waals surface area contributed by atoms with Gasteiger partial charge in [-0.25, -0.2) is 4.98 Å². The van der Waals surface area contributed by atoms with Gasteiger partial charge in [0, 0.05) is 79.4 Å². The van der Waals surface area contributed by atoms with E-state index in [1.54, 1.807) is 0 Å². The number of H-pyrrole nitrogens is 1. The fourth-order valence-electron chi connectivity index (χ4n) is 6.93. The molecule has 2 fully saturated rings. The molecule has 1 aliphatic heterocycles. The van der Waals surface area contributed by atoms with Gasteiger partial charge in [0.25, 0.3) is 11.5 Å². The highest BCUT2D eigenvalue weighted by atomic mass is 16.1. The van der Waals surface area contributed by atoms with E-state index in [2.05, 4.69) is 64.0 Å². The summed E-state index contributed by atoms with van der Waals surface area (Å²) in [5.41, 5.74) is 6.26. The molecule has 10 nitrogen and oxygen atoms in total. The first-order chi connectivity index (χ1) is 21.5. The molecule has 1 saturated carbocycles. The number of carbonyl (C=O) groups excluding carboxylic acids is 1. The minimum absolute atomic E-state index is 0.158. The van der Waals surface area contributed by atoms with Crippen molar-refractivity contribution in [3.8, 4) is 11.3 Å².